The second-order valence-electron chi connectivity index (χ2n) is 6.99. The number of benzene rings is 2. The summed E-state index contributed by atoms with van der Waals surface area (Å²) in [6, 6.07) is 14.0. The maximum absolute atomic E-state index is 12.5. The summed E-state index contributed by atoms with van der Waals surface area (Å²) in [5.74, 6) is 0.475. The quantitative estimate of drug-likeness (QED) is 0.487. The maximum Gasteiger partial charge on any atom is 0.251 e. The van der Waals surface area contributed by atoms with Gasteiger partial charge < -0.3 is 15.2 Å². The molecular weight excluding hydrogens is 434 g/mol. The van der Waals surface area contributed by atoms with Crippen molar-refractivity contribution in [3.8, 4) is 0 Å². The number of nitrogens with one attached hydrogen (secondary N) is 2. The lowest BCUT2D eigenvalue weighted by molar-refractivity contribution is -0.113. The average Bonchev–Trinajstić information content (AvgIpc) is 3.16. The Hall–Kier alpha value is -2.84. The van der Waals surface area contributed by atoms with Crippen LogP contribution in [0.15, 0.2) is 53.7 Å². The second-order valence-corrected chi connectivity index (χ2v) is 8.37. The molecule has 0 aliphatic rings. The molecule has 7 nitrogen and oxygen atoms in total. The zero-order valence-corrected chi connectivity index (χ0v) is 19.1. The topological polar surface area (TPSA) is 88.9 Å². The molecule has 2 amide bonds. The Morgan fingerprint density at radius 1 is 1.16 bits per heavy atom. The number of thioether (sulfide) groups is 1. The van der Waals surface area contributed by atoms with Gasteiger partial charge in [-0.1, -0.05) is 47.1 Å². The van der Waals surface area contributed by atoms with Crippen LogP contribution in [0, 0.1) is 6.92 Å². The molecule has 2 N–H and O–H groups in total. The van der Waals surface area contributed by atoms with E-state index in [-0.39, 0.29) is 23.6 Å². The first-order valence-electron chi connectivity index (χ1n) is 9.86. The molecule has 9 heteroatoms. The van der Waals surface area contributed by atoms with Gasteiger partial charge in [-0.2, -0.15) is 0 Å². The summed E-state index contributed by atoms with van der Waals surface area (Å²) in [6.45, 7) is 6.42. The first kappa shape index (κ1) is 22.8. The third-order valence-corrected chi connectivity index (χ3v) is 5.75. The third kappa shape index (κ3) is 6.08. The molecule has 0 bridgehead atoms. The highest BCUT2D eigenvalue weighted by Crippen LogP contribution is 2.22. The summed E-state index contributed by atoms with van der Waals surface area (Å²) in [7, 11) is 0. The summed E-state index contributed by atoms with van der Waals surface area (Å²) in [5, 5.41) is 15.4. The number of halogens is 1. The highest BCUT2D eigenvalue weighted by molar-refractivity contribution is 7.99. The number of anilines is 1. The van der Waals surface area contributed by atoms with Crippen LogP contribution in [0.4, 0.5) is 5.69 Å². The Kier molecular flexibility index (Phi) is 7.70. The maximum atomic E-state index is 12.5. The number of carbonyl (C=O) groups excluding carboxylic acids is 2. The van der Waals surface area contributed by atoms with Crippen LogP contribution in [0.3, 0.4) is 0 Å². The van der Waals surface area contributed by atoms with Gasteiger partial charge in [-0.05, 0) is 51.1 Å². The van der Waals surface area contributed by atoms with Crippen molar-refractivity contribution >= 4 is 40.9 Å². The van der Waals surface area contributed by atoms with Crippen molar-refractivity contribution in [3.05, 3.63) is 70.5 Å². The minimum Gasteiger partial charge on any atom is -0.342 e. The van der Waals surface area contributed by atoms with E-state index in [0.717, 1.165) is 5.56 Å². The van der Waals surface area contributed by atoms with Gasteiger partial charge in [0.1, 0.15) is 0 Å². The van der Waals surface area contributed by atoms with Gasteiger partial charge in [0.2, 0.25) is 5.91 Å². The zero-order chi connectivity index (χ0) is 22.4. The molecular formula is C22H24ClN5O2S. The van der Waals surface area contributed by atoms with Crippen LogP contribution < -0.4 is 10.6 Å². The average molecular weight is 458 g/mol. The van der Waals surface area contributed by atoms with Crippen LogP contribution in [0.25, 0.3) is 0 Å². The predicted octanol–water partition coefficient (Wildman–Crippen LogP) is 4.48. The first-order chi connectivity index (χ1) is 14.9. The lowest BCUT2D eigenvalue weighted by atomic mass is 10.1. The van der Waals surface area contributed by atoms with Gasteiger partial charge in [-0.15, -0.1) is 10.2 Å². The van der Waals surface area contributed by atoms with E-state index in [4.69, 9.17) is 11.6 Å². The van der Waals surface area contributed by atoms with Crippen molar-refractivity contribution in [2.75, 3.05) is 11.1 Å². The molecule has 2 aromatic carbocycles. The van der Waals surface area contributed by atoms with Crippen molar-refractivity contribution in [3.63, 3.8) is 0 Å². The number of hydrogen-bond donors (Lipinski definition) is 2. The van der Waals surface area contributed by atoms with E-state index in [1.165, 1.54) is 11.8 Å². The predicted molar refractivity (Wildman–Crippen MR) is 124 cm³/mol. The molecule has 0 radical (unpaired) electrons. The third-order valence-electron chi connectivity index (χ3n) is 4.55. The fraction of sp³-hybridized carbons (Fsp3) is 0.273. The molecule has 1 atom stereocenters. The van der Waals surface area contributed by atoms with E-state index < -0.39 is 0 Å². The highest BCUT2D eigenvalue weighted by Gasteiger charge is 2.20. The van der Waals surface area contributed by atoms with E-state index in [0.29, 0.717) is 33.8 Å². The largest absolute Gasteiger partial charge is 0.342 e. The Morgan fingerprint density at radius 3 is 2.58 bits per heavy atom. The van der Waals surface area contributed by atoms with Gasteiger partial charge in [0.05, 0.1) is 11.8 Å². The summed E-state index contributed by atoms with van der Waals surface area (Å²) in [6.07, 6.45) is 0. The van der Waals surface area contributed by atoms with Crippen LogP contribution in [-0.4, -0.2) is 32.3 Å². The number of aromatic nitrogens is 3. The first-order valence-corrected chi connectivity index (χ1v) is 11.2. The molecule has 1 heterocycles. The molecule has 0 spiro atoms. The van der Waals surface area contributed by atoms with Crippen molar-refractivity contribution in [1.82, 2.24) is 20.1 Å². The highest BCUT2D eigenvalue weighted by atomic mass is 35.5. The second kappa shape index (κ2) is 10.5. The fourth-order valence-corrected chi connectivity index (χ4v) is 3.97. The van der Waals surface area contributed by atoms with Crippen molar-refractivity contribution in [1.29, 1.82) is 0 Å². The molecule has 0 saturated carbocycles. The minimum absolute atomic E-state index is 0.166. The molecule has 0 fully saturated rings. The van der Waals surface area contributed by atoms with E-state index in [9.17, 15) is 9.59 Å². The zero-order valence-electron chi connectivity index (χ0n) is 17.6. The molecule has 0 aliphatic heterocycles. The van der Waals surface area contributed by atoms with Gasteiger partial charge in [0.15, 0.2) is 11.0 Å². The normalized spacial score (nSPS) is 11.7. The van der Waals surface area contributed by atoms with Gasteiger partial charge >= 0.3 is 0 Å². The molecule has 0 aliphatic carbocycles. The van der Waals surface area contributed by atoms with E-state index in [1.54, 1.807) is 36.4 Å². The Balaban J connectivity index is 1.62. The smallest absolute Gasteiger partial charge is 0.251 e. The number of rotatable bonds is 8. The Morgan fingerprint density at radius 2 is 1.90 bits per heavy atom. The van der Waals surface area contributed by atoms with Gasteiger partial charge in [0, 0.05) is 22.8 Å². The summed E-state index contributed by atoms with van der Waals surface area (Å²) in [4.78, 5) is 24.8. The number of nitrogens with zero attached hydrogens (tertiary/aromatic N) is 3. The molecule has 31 heavy (non-hydrogen) atoms. The van der Waals surface area contributed by atoms with E-state index in [1.807, 2.05) is 37.5 Å². The lowest BCUT2D eigenvalue weighted by Crippen LogP contribution is -2.28. The van der Waals surface area contributed by atoms with Gasteiger partial charge in [0.25, 0.3) is 5.91 Å². The van der Waals surface area contributed by atoms with Crippen LogP contribution in [0.1, 0.15) is 41.6 Å². The summed E-state index contributed by atoms with van der Waals surface area (Å²) >= 11 is 7.24. The lowest BCUT2D eigenvalue weighted by Gasteiger charge is -2.15. The van der Waals surface area contributed by atoms with Crippen LogP contribution in [0.2, 0.25) is 5.02 Å². The minimum atomic E-state index is -0.337. The number of carbonyl (C=O) groups is 2. The summed E-state index contributed by atoms with van der Waals surface area (Å²) < 4.78 is 1.90. The van der Waals surface area contributed by atoms with E-state index in [2.05, 4.69) is 20.8 Å². The molecule has 0 unspecified atom stereocenters. The summed E-state index contributed by atoms with van der Waals surface area (Å²) in [5.41, 5.74) is 2.33. The molecule has 3 aromatic rings. The molecule has 0 saturated heterocycles. The van der Waals surface area contributed by atoms with Crippen LogP contribution in [0.5, 0.6) is 0 Å². The fourth-order valence-electron chi connectivity index (χ4n) is 2.97. The standard InChI is InChI=1S/C22H24ClN5O2S/c1-4-28-20(15(3)24-21(30)16-10-8-14(2)9-11-16)26-27-22(28)31-13-19(29)25-18-7-5-6-17(23)12-18/h5-12,15H,4,13H2,1-3H3,(H,24,30)(H,25,29)/t15-/m0/s1. The monoisotopic (exact) mass is 457 g/mol. The molecule has 3 rings (SSSR count). The molecule has 162 valence electrons. The van der Waals surface area contributed by atoms with Crippen LogP contribution >= 0.6 is 23.4 Å². The van der Waals surface area contributed by atoms with Crippen molar-refractivity contribution in [2.24, 2.45) is 0 Å². The van der Waals surface area contributed by atoms with Gasteiger partial charge in [-0.3, -0.25) is 9.59 Å². The van der Waals surface area contributed by atoms with Crippen molar-refractivity contribution in [2.45, 2.75) is 38.5 Å². The Labute approximate surface area is 190 Å². The molecule has 1 aromatic heterocycles. The SMILES string of the molecule is CCn1c(SCC(=O)Nc2cccc(Cl)c2)nnc1[C@H](C)NC(=O)c1ccc(C)cc1. The van der Waals surface area contributed by atoms with E-state index >= 15 is 0 Å². The number of hydrogen-bond acceptors (Lipinski definition) is 5. The van der Waals surface area contributed by atoms with Gasteiger partial charge in [-0.25, -0.2) is 0 Å². The van der Waals surface area contributed by atoms with Crippen molar-refractivity contribution < 1.29 is 9.59 Å². The van der Waals surface area contributed by atoms with Crippen LogP contribution in [-0.2, 0) is 11.3 Å². The Bertz CT molecular complexity index is 1070. The number of amides is 2. The number of aryl methyl sites for hydroxylation is 1.